The first-order valence-electron chi connectivity index (χ1n) is 10.8. The molecule has 4 rings (SSSR count). The van der Waals surface area contributed by atoms with Crippen LogP contribution in [0.15, 0.2) is 36.4 Å². The Bertz CT molecular complexity index is 898. The largest absolute Gasteiger partial charge is 3.00 e. The summed E-state index contributed by atoms with van der Waals surface area (Å²) in [7, 11) is 0. The minimum Gasteiger partial charge on any atom is -0.358 e. The number of hydrogen-bond acceptors (Lipinski definition) is 0. The molecule has 1 aliphatic rings. The molecule has 3 aromatic carbocycles. The van der Waals surface area contributed by atoms with Crippen molar-refractivity contribution in [3.05, 3.63) is 67.9 Å². The smallest absolute Gasteiger partial charge is 0.358 e. The molecule has 0 atom stereocenters. The molecular weight excluding hydrogens is 440 g/mol. The third kappa shape index (κ3) is 4.98. The van der Waals surface area contributed by atoms with Gasteiger partial charge < -0.3 is 14.9 Å². The van der Waals surface area contributed by atoms with Crippen LogP contribution in [0.3, 0.4) is 0 Å². The molecule has 0 N–H and O–H groups in total. The summed E-state index contributed by atoms with van der Waals surface area (Å²) >= 11 is 0. The molecule has 0 unspecified atom stereocenters. The zero-order valence-electron chi connectivity index (χ0n) is 20.6. The van der Waals surface area contributed by atoms with E-state index in [2.05, 4.69) is 77.9 Å². The van der Waals surface area contributed by atoms with Crippen LogP contribution in [0.1, 0.15) is 96.3 Å². The van der Waals surface area contributed by atoms with E-state index in [1.54, 1.807) is 5.56 Å². The van der Waals surface area contributed by atoms with E-state index in [1.165, 1.54) is 64.8 Å². The van der Waals surface area contributed by atoms with Crippen LogP contribution in [-0.4, -0.2) is 0 Å². The number of hydrogen-bond donors (Lipinski definition) is 0. The molecule has 1 aliphatic carbocycles. The van der Waals surface area contributed by atoms with Crippen molar-refractivity contribution in [1.29, 1.82) is 0 Å². The fraction of sp³-hybridized carbons (Fsp3) is 0.483. The molecule has 30 heavy (non-hydrogen) atoms. The van der Waals surface area contributed by atoms with Gasteiger partial charge in [-0.25, -0.2) is 0 Å². The van der Waals surface area contributed by atoms with Gasteiger partial charge in [0.15, 0.2) is 0 Å². The van der Waals surface area contributed by atoms with E-state index in [-0.39, 0.29) is 51.9 Å². The zero-order chi connectivity index (χ0) is 19.4. The van der Waals surface area contributed by atoms with E-state index in [0.717, 1.165) is 5.92 Å². The second-order valence-electron chi connectivity index (χ2n) is 10.8. The Morgan fingerprint density at radius 2 is 1.07 bits per heavy atom. The maximum atomic E-state index is 2.51. The second-order valence-corrected chi connectivity index (χ2v) is 10.8. The molecule has 1 fully saturated rings. The van der Waals surface area contributed by atoms with Gasteiger partial charge in [0.25, 0.3) is 0 Å². The first-order valence-corrected chi connectivity index (χ1v) is 10.8. The molecule has 0 aromatic heterocycles. The molecule has 1 heteroatoms. The van der Waals surface area contributed by atoms with Crippen LogP contribution in [0.5, 0.6) is 0 Å². The summed E-state index contributed by atoms with van der Waals surface area (Å²) in [6.45, 7) is 14.0. The molecule has 0 saturated heterocycles. The van der Waals surface area contributed by atoms with Crippen LogP contribution in [-0.2, 0) is 37.0 Å². The maximum Gasteiger partial charge on any atom is 3.00 e. The fourth-order valence-corrected chi connectivity index (χ4v) is 4.91. The first kappa shape index (κ1) is 27.2. The molecule has 0 aliphatic heterocycles. The number of fused-ring (bicyclic) bond motifs is 3. The van der Waals surface area contributed by atoms with Crippen LogP contribution in [0, 0.1) is 14.9 Å². The topological polar surface area (TPSA) is 0 Å². The van der Waals surface area contributed by atoms with Crippen molar-refractivity contribution in [3.8, 4) is 0 Å². The molecule has 0 amide bonds. The van der Waals surface area contributed by atoms with Gasteiger partial charge in [-0.3, -0.25) is 0 Å². The molecule has 1 radical (unpaired) electrons. The third-order valence-electron chi connectivity index (χ3n) is 6.66. The van der Waals surface area contributed by atoms with Crippen molar-refractivity contribution in [1.82, 2.24) is 0 Å². The van der Waals surface area contributed by atoms with E-state index in [4.69, 9.17) is 0 Å². The Hall–Kier alpha value is -0.807. The van der Waals surface area contributed by atoms with Gasteiger partial charge in [0.2, 0.25) is 0 Å². The summed E-state index contributed by atoms with van der Waals surface area (Å²) in [5.74, 6) is 0.726. The normalized spacial score (nSPS) is 15.4. The summed E-state index contributed by atoms with van der Waals surface area (Å²) in [5.41, 5.74) is 4.95. The minimum absolute atomic E-state index is 0. The van der Waals surface area contributed by atoms with Crippen LogP contribution in [0.2, 0.25) is 0 Å². The SMILES string of the molecule is CC(C)(C)c1ccc2c3ccc(C(C)(C)C)cc3[c-](C3CCCCC3)c2c1.[CH3-].[CH3-].[Zr+3]. The number of rotatable bonds is 1. The van der Waals surface area contributed by atoms with Crippen molar-refractivity contribution >= 4 is 21.5 Å². The van der Waals surface area contributed by atoms with Gasteiger partial charge in [0, 0.05) is 0 Å². The summed E-state index contributed by atoms with van der Waals surface area (Å²) in [6.07, 6.45) is 6.89. The van der Waals surface area contributed by atoms with Crippen LogP contribution in [0.25, 0.3) is 21.5 Å². The van der Waals surface area contributed by atoms with Crippen LogP contribution < -0.4 is 0 Å². The van der Waals surface area contributed by atoms with Gasteiger partial charge in [-0.15, -0.1) is 39.2 Å². The molecule has 0 bridgehead atoms. The predicted molar refractivity (Wildman–Crippen MR) is 133 cm³/mol. The van der Waals surface area contributed by atoms with Crippen molar-refractivity contribution in [2.24, 2.45) is 0 Å². The van der Waals surface area contributed by atoms with E-state index in [9.17, 15) is 0 Å². The van der Waals surface area contributed by atoms with Gasteiger partial charge in [-0.05, 0) is 16.7 Å². The first-order chi connectivity index (χ1) is 12.7. The Balaban J connectivity index is 0.00000150. The fourth-order valence-electron chi connectivity index (χ4n) is 4.91. The van der Waals surface area contributed by atoms with Crippen LogP contribution in [0.4, 0.5) is 0 Å². The molecular formula is C29H41Zr. The maximum absolute atomic E-state index is 2.51. The Morgan fingerprint density at radius 3 is 1.43 bits per heavy atom. The third-order valence-corrected chi connectivity index (χ3v) is 6.66. The second kappa shape index (κ2) is 9.77. The minimum atomic E-state index is 0. The van der Waals surface area contributed by atoms with Gasteiger partial charge in [0.1, 0.15) is 0 Å². The molecule has 1 saturated carbocycles. The molecule has 0 heterocycles. The average Bonchev–Trinajstić information content (AvgIpc) is 2.94. The van der Waals surface area contributed by atoms with Crippen molar-refractivity contribution in [2.45, 2.75) is 90.4 Å². The Kier molecular flexibility index (Phi) is 8.87. The van der Waals surface area contributed by atoms with Crippen LogP contribution >= 0.6 is 0 Å². The number of benzene rings is 2. The average molecular weight is 481 g/mol. The monoisotopic (exact) mass is 479 g/mol. The molecule has 161 valence electrons. The van der Waals surface area contributed by atoms with Crippen molar-refractivity contribution < 1.29 is 26.2 Å². The van der Waals surface area contributed by atoms with E-state index in [0.29, 0.717) is 0 Å². The van der Waals surface area contributed by atoms with Gasteiger partial charge in [0.05, 0.1) is 0 Å². The Labute approximate surface area is 205 Å². The summed E-state index contributed by atoms with van der Waals surface area (Å²) in [5, 5.41) is 5.96. The Morgan fingerprint density at radius 1 is 0.667 bits per heavy atom. The van der Waals surface area contributed by atoms with Crippen molar-refractivity contribution in [2.75, 3.05) is 0 Å². The predicted octanol–water partition coefficient (Wildman–Crippen LogP) is 9.25. The van der Waals surface area contributed by atoms with Gasteiger partial charge >= 0.3 is 26.2 Å². The standard InChI is InChI=1S/C27H35.2CH3.Zr/c1-26(2,3)19-12-14-21-22-15-13-20(27(4,5)6)17-24(22)25(23(21)16-19)18-10-8-7-9-11-18;;;/h12-18H,7-11H2,1-6H3;2*1H3;/q3*-1;+3. The van der Waals surface area contributed by atoms with E-state index < -0.39 is 0 Å². The summed E-state index contributed by atoms with van der Waals surface area (Å²) in [6, 6.07) is 14.5. The van der Waals surface area contributed by atoms with Gasteiger partial charge in [-0.1, -0.05) is 109 Å². The summed E-state index contributed by atoms with van der Waals surface area (Å²) in [4.78, 5) is 0. The molecule has 3 aromatic rings. The van der Waals surface area contributed by atoms with Crippen molar-refractivity contribution in [3.63, 3.8) is 0 Å². The summed E-state index contributed by atoms with van der Waals surface area (Å²) < 4.78 is 0. The van der Waals surface area contributed by atoms with Gasteiger partial charge in [-0.2, -0.15) is 0 Å². The zero-order valence-corrected chi connectivity index (χ0v) is 23.0. The molecule has 0 nitrogen and oxygen atoms in total. The molecule has 0 spiro atoms. The van der Waals surface area contributed by atoms with E-state index in [1.807, 2.05) is 0 Å². The van der Waals surface area contributed by atoms with E-state index >= 15 is 0 Å². The quantitative estimate of drug-likeness (QED) is 0.304.